The van der Waals surface area contributed by atoms with Crippen LogP contribution < -0.4 is 4.74 Å². The molecule has 0 heterocycles. The summed E-state index contributed by atoms with van der Waals surface area (Å²) in [5.41, 5.74) is 4.17. The average Bonchev–Trinajstić information content (AvgIpc) is 2.69. The van der Waals surface area contributed by atoms with Crippen LogP contribution in [0.4, 0.5) is 0 Å². The lowest BCUT2D eigenvalue weighted by molar-refractivity contribution is 0.0695. The van der Waals surface area contributed by atoms with E-state index in [2.05, 4.69) is 59.4 Å². The summed E-state index contributed by atoms with van der Waals surface area (Å²) < 4.78 is 5.73. The van der Waals surface area contributed by atoms with E-state index < -0.39 is 12.1 Å². The van der Waals surface area contributed by atoms with Gasteiger partial charge in [0.1, 0.15) is 11.9 Å². The number of aliphatic hydroxyl groups excluding tert-OH is 1. The summed E-state index contributed by atoms with van der Waals surface area (Å²) in [7, 11) is 1.61. The van der Waals surface area contributed by atoms with E-state index in [0.717, 1.165) is 16.7 Å². The van der Waals surface area contributed by atoms with Crippen molar-refractivity contribution in [2.45, 2.75) is 71.8 Å². The minimum Gasteiger partial charge on any atom is -0.496 e. The molecule has 0 aliphatic heterocycles. The van der Waals surface area contributed by atoms with Crippen molar-refractivity contribution in [1.29, 1.82) is 0 Å². The van der Waals surface area contributed by atoms with Crippen molar-refractivity contribution in [2.75, 3.05) is 7.11 Å². The van der Waals surface area contributed by atoms with Crippen molar-refractivity contribution < 1.29 is 19.7 Å². The van der Waals surface area contributed by atoms with Crippen molar-refractivity contribution >= 4 is 5.97 Å². The van der Waals surface area contributed by atoms with Gasteiger partial charge in [0.2, 0.25) is 0 Å². The van der Waals surface area contributed by atoms with Crippen LogP contribution in [0.2, 0.25) is 0 Å². The number of aliphatic hydroxyl groups is 1. The third-order valence-electron chi connectivity index (χ3n) is 5.36. The standard InChI is InChI=1S/C27H34O4/c1-9-18-14-17(10-12-20(18)25(29)30)11-13-23(28)21-15-19(26(2,3)4)16-22(24(21)31-8)27(5,6)7/h10,12,14-16,23,28H,9H2,1-8H3,(H,29,30). The van der Waals surface area contributed by atoms with Crippen LogP contribution in [0, 0.1) is 11.8 Å². The van der Waals surface area contributed by atoms with Crippen LogP contribution in [-0.4, -0.2) is 23.3 Å². The molecule has 0 fully saturated rings. The van der Waals surface area contributed by atoms with E-state index >= 15 is 0 Å². The molecule has 4 heteroatoms. The summed E-state index contributed by atoms with van der Waals surface area (Å²) in [5, 5.41) is 20.3. The summed E-state index contributed by atoms with van der Waals surface area (Å²) in [4.78, 5) is 11.3. The molecule has 0 saturated carbocycles. The maximum Gasteiger partial charge on any atom is 0.335 e. The van der Waals surface area contributed by atoms with Crippen molar-refractivity contribution in [2.24, 2.45) is 0 Å². The first-order chi connectivity index (χ1) is 14.3. The van der Waals surface area contributed by atoms with Crippen LogP contribution >= 0.6 is 0 Å². The molecule has 166 valence electrons. The van der Waals surface area contributed by atoms with Crippen molar-refractivity contribution in [3.63, 3.8) is 0 Å². The molecule has 1 atom stereocenters. The van der Waals surface area contributed by atoms with Gasteiger partial charge in [-0.1, -0.05) is 66.4 Å². The Morgan fingerprint density at radius 3 is 2.19 bits per heavy atom. The lowest BCUT2D eigenvalue weighted by atomic mass is 9.78. The third kappa shape index (κ3) is 5.68. The Labute approximate surface area is 186 Å². The molecule has 2 rings (SSSR count). The summed E-state index contributed by atoms with van der Waals surface area (Å²) in [6.07, 6.45) is -0.446. The van der Waals surface area contributed by atoms with Crippen LogP contribution in [0.3, 0.4) is 0 Å². The van der Waals surface area contributed by atoms with E-state index in [1.165, 1.54) is 0 Å². The Hall–Kier alpha value is -2.77. The highest BCUT2D eigenvalue weighted by atomic mass is 16.5. The highest BCUT2D eigenvalue weighted by Gasteiger charge is 2.27. The van der Waals surface area contributed by atoms with Crippen LogP contribution in [0.1, 0.15) is 92.7 Å². The minimum absolute atomic E-state index is 0.100. The second kappa shape index (κ2) is 9.16. The summed E-state index contributed by atoms with van der Waals surface area (Å²) in [5.74, 6) is 5.63. The second-order valence-electron chi connectivity index (χ2n) is 9.85. The molecular weight excluding hydrogens is 388 g/mol. The van der Waals surface area contributed by atoms with Crippen LogP contribution in [0.5, 0.6) is 5.75 Å². The molecule has 0 amide bonds. The van der Waals surface area contributed by atoms with Gasteiger partial charge >= 0.3 is 5.97 Å². The fourth-order valence-corrected chi connectivity index (χ4v) is 3.47. The van der Waals surface area contributed by atoms with E-state index in [0.29, 0.717) is 23.3 Å². The molecule has 0 aliphatic carbocycles. The molecule has 0 aliphatic rings. The maximum absolute atomic E-state index is 11.3. The fourth-order valence-electron chi connectivity index (χ4n) is 3.47. The normalized spacial score (nSPS) is 12.7. The zero-order valence-electron chi connectivity index (χ0n) is 19.9. The predicted octanol–water partition coefficient (Wildman–Crippen LogP) is 5.64. The van der Waals surface area contributed by atoms with Crippen LogP contribution in [-0.2, 0) is 17.3 Å². The molecule has 2 aromatic rings. The number of ether oxygens (including phenoxy) is 1. The number of hydrogen-bond donors (Lipinski definition) is 2. The summed E-state index contributed by atoms with van der Waals surface area (Å²) in [6, 6.07) is 9.13. The van der Waals surface area contributed by atoms with Gasteiger partial charge in [0.25, 0.3) is 0 Å². The molecule has 31 heavy (non-hydrogen) atoms. The van der Waals surface area contributed by atoms with Crippen molar-refractivity contribution in [3.05, 3.63) is 63.7 Å². The Balaban J connectivity index is 2.58. The number of carbonyl (C=O) groups is 1. The van der Waals surface area contributed by atoms with Crippen LogP contribution in [0.25, 0.3) is 0 Å². The Morgan fingerprint density at radius 2 is 1.71 bits per heavy atom. The zero-order chi connectivity index (χ0) is 23.6. The molecule has 0 bridgehead atoms. The molecule has 2 aromatic carbocycles. The van der Waals surface area contributed by atoms with Gasteiger partial charge in [-0.25, -0.2) is 4.79 Å². The molecular formula is C27H34O4. The molecule has 0 spiro atoms. The van der Waals surface area contributed by atoms with E-state index in [1.54, 1.807) is 25.3 Å². The third-order valence-corrected chi connectivity index (χ3v) is 5.36. The van der Waals surface area contributed by atoms with Gasteiger partial charge in [0.15, 0.2) is 0 Å². The maximum atomic E-state index is 11.3. The number of benzene rings is 2. The van der Waals surface area contributed by atoms with Crippen molar-refractivity contribution in [1.82, 2.24) is 0 Å². The molecule has 0 radical (unpaired) electrons. The van der Waals surface area contributed by atoms with E-state index in [-0.39, 0.29) is 16.4 Å². The SMILES string of the molecule is CCc1cc(C#CC(O)c2cc(C(C)(C)C)cc(C(C)(C)C)c2OC)ccc1C(=O)O. The second-order valence-corrected chi connectivity index (χ2v) is 9.85. The number of carboxylic acid groups (broad SMARTS) is 1. The van der Waals surface area contributed by atoms with Gasteiger partial charge in [-0.05, 0) is 52.6 Å². The highest BCUT2D eigenvalue weighted by molar-refractivity contribution is 5.89. The van der Waals surface area contributed by atoms with Gasteiger partial charge in [0, 0.05) is 16.7 Å². The molecule has 4 nitrogen and oxygen atoms in total. The number of rotatable bonds is 4. The first-order valence-electron chi connectivity index (χ1n) is 10.6. The smallest absolute Gasteiger partial charge is 0.335 e. The first-order valence-corrected chi connectivity index (χ1v) is 10.6. The average molecular weight is 423 g/mol. The van der Waals surface area contributed by atoms with Crippen LogP contribution in [0.15, 0.2) is 30.3 Å². The van der Waals surface area contributed by atoms with Gasteiger partial charge in [-0.3, -0.25) is 0 Å². The molecule has 0 saturated heterocycles. The fraction of sp³-hybridized carbons (Fsp3) is 0.444. The number of carboxylic acids is 1. The van der Waals surface area contributed by atoms with Gasteiger partial charge in [0.05, 0.1) is 12.7 Å². The minimum atomic E-state index is -1.04. The zero-order valence-corrected chi connectivity index (χ0v) is 19.9. The number of aryl methyl sites for hydroxylation is 1. The number of aromatic carboxylic acids is 1. The van der Waals surface area contributed by atoms with E-state index in [1.807, 2.05) is 13.0 Å². The molecule has 2 N–H and O–H groups in total. The molecule has 0 aromatic heterocycles. The summed E-state index contributed by atoms with van der Waals surface area (Å²) in [6.45, 7) is 14.7. The Morgan fingerprint density at radius 1 is 1.06 bits per heavy atom. The quantitative estimate of drug-likeness (QED) is 0.626. The van der Waals surface area contributed by atoms with Gasteiger partial charge in [-0.15, -0.1) is 0 Å². The Bertz CT molecular complexity index is 1020. The number of hydrogen-bond acceptors (Lipinski definition) is 3. The monoisotopic (exact) mass is 422 g/mol. The van der Waals surface area contributed by atoms with E-state index in [4.69, 9.17) is 4.74 Å². The van der Waals surface area contributed by atoms with E-state index in [9.17, 15) is 15.0 Å². The first kappa shape index (κ1) is 24.5. The highest BCUT2D eigenvalue weighted by Crippen LogP contribution is 2.40. The van der Waals surface area contributed by atoms with Crippen molar-refractivity contribution in [3.8, 4) is 17.6 Å². The Kier molecular flexibility index (Phi) is 7.24. The lowest BCUT2D eigenvalue weighted by Gasteiger charge is -2.29. The largest absolute Gasteiger partial charge is 0.496 e. The lowest BCUT2D eigenvalue weighted by Crippen LogP contribution is -2.19. The summed E-state index contributed by atoms with van der Waals surface area (Å²) >= 11 is 0. The van der Waals surface area contributed by atoms with Gasteiger partial charge < -0.3 is 14.9 Å². The van der Waals surface area contributed by atoms with Gasteiger partial charge in [-0.2, -0.15) is 0 Å². The topological polar surface area (TPSA) is 66.8 Å². The number of methoxy groups -OCH3 is 1. The molecule has 1 unspecified atom stereocenters. The predicted molar refractivity (Wildman–Crippen MR) is 125 cm³/mol.